The van der Waals surface area contributed by atoms with E-state index in [1.165, 1.54) is 16.4 Å². The van der Waals surface area contributed by atoms with Crippen molar-refractivity contribution >= 4 is 10.0 Å². The fourth-order valence-electron chi connectivity index (χ4n) is 2.84. The van der Waals surface area contributed by atoms with E-state index in [4.69, 9.17) is 5.11 Å². The smallest absolute Gasteiger partial charge is 0.246 e. The van der Waals surface area contributed by atoms with Gasteiger partial charge in [-0.25, -0.2) is 12.8 Å². The Labute approximate surface area is 119 Å². The van der Waals surface area contributed by atoms with Gasteiger partial charge in [-0.15, -0.1) is 0 Å². The summed E-state index contributed by atoms with van der Waals surface area (Å²) >= 11 is 0. The van der Waals surface area contributed by atoms with Gasteiger partial charge >= 0.3 is 0 Å². The van der Waals surface area contributed by atoms with Crippen LogP contribution >= 0.6 is 0 Å². The summed E-state index contributed by atoms with van der Waals surface area (Å²) in [5, 5.41) is 8.96. The van der Waals surface area contributed by atoms with E-state index < -0.39 is 15.8 Å². The van der Waals surface area contributed by atoms with Gasteiger partial charge in [-0.2, -0.15) is 4.31 Å². The first-order valence-electron chi connectivity index (χ1n) is 6.80. The monoisotopic (exact) mass is 301 g/mol. The average molecular weight is 301 g/mol. The number of rotatable bonds is 3. The van der Waals surface area contributed by atoms with Crippen molar-refractivity contribution in [2.45, 2.75) is 56.7 Å². The van der Waals surface area contributed by atoms with E-state index in [9.17, 15) is 12.8 Å². The van der Waals surface area contributed by atoms with Gasteiger partial charge in [0, 0.05) is 12.1 Å². The zero-order valence-electron chi connectivity index (χ0n) is 11.7. The quantitative estimate of drug-likeness (QED) is 0.931. The standard InChI is InChI=1S/C14H20FNO3S/c1-10-4-3-5-11(2)16(10)20(18,19)14-7-6-12(9-17)8-13(14)15/h6-8,10-11,17H,3-5,9H2,1-2H3. The maximum atomic E-state index is 14.0. The van der Waals surface area contributed by atoms with Crippen molar-refractivity contribution in [3.8, 4) is 0 Å². The highest BCUT2D eigenvalue weighted by atomic mass is 32.2. The molecule has 0 aromatic heterocycles. The molecule has 1 heterocycles. The van der Waals surface area contributed by atoms with Gasteiger partial charge in [0.15, 0.2) is 0 Å². The zero-order valence-corrected chi connectivity index (χ0v) is 12.5. The lowest BCUT2D eigenvalue weighted by molar-refractivity contribution is 0.203. The highest BCUT2D eigenvalue weighted by Gasteiger charge is 2.37. The van der Waals surface area contributed by atoms with Gasteiger partial charge in [0.25, 0.3) is 0 Å². The second kappa shape index (κ2) is 5.79. The Bertz CT molecular complexity index is 578. The van der Waals surface area contributed by atoms with Crippen molar-refractivity contribution in [3.63, 3.8) is 0 Å². The second-order valence-electron chi connectivity index (χ2n) is 5.39. The van der Waals surface area contributed by atoms with Gasteiger partial charge in [-0.05, 0) is 44.4 Å². The minimum absolute atomic E-state index is 0.124. The Hall–Kier alpha value is -0.980. The van der Waals surface area contributed by atoms with Crippen LogP contribution in [-0.4, -0.2) is 29.9 Å². The Morgan fingerprint density at radius 2 is 1.90 bits per heavy atom. The normalized spacial score (nSPS) is 24.8. The lowest BCUT2D eigenvalue weighted by Crippen LogP contribution is -2.47. The molecule has 1 aliphatic rings. The van der Waals surface area contributed by atoms with Gasteiger partial charge in [-0.3, -0.25) is 0 Å². The maximum Gasteiger partial charge on any atom is 0.246 e. The summed E-state index contributed by atoms with van der Waals surface area (Å²) < 4.78 is 40.7. The molecular weight excluding hydrogens is 281 g/mol. The van der Waals surface area contributed by atoms with Crippen LogP contribution in [0.25, 0.3) is 0 Å². The molecule has 1 N–H and O–H groups in total. The Balaban J connectivity index is 2.44. The van der Waals surface area contributed by atoms with E-state index >= 15 is 0 Å². The third-order valence-electron chi connectivity index (χ3n) is 3.85. The number of hydrogen-bond acceptors (Lipinski definition) is 3. The third kappa shape index (κ3) is 2.73. The number of hydrogen-bond donors (Lipinski definition) is 1. The highest BCUT2D eigenvalue weighted by molar-refractivity contribution is 7.89. The molecule has 0 amide bonds. The van der Waals surface area contributed by atoms with E-state index in [1.807, 2.05) is 13.8 Å². The highest BCUT2D eigenvalue weighted by Crippen LogP contribution is 2.30. The van der Waals surface area contributed by atoms with E-state index in [0.29, 0.717) is 5.56 Å². The molecule has 6 heteroatoms. The van der Waals surface area contributed by atoms with Crippen LogP contribution in [0.5, 0.6) is 0 Å². The zero-order chi connectivity index (χ0) is 14.9. The molecule has 112 valence electrons. The summed E-state index contributed by atoms with van der Waals surface area (Å²) in [5.41, 5.74) is 0.362. The summed E-state index contributed by atoms with van der Waals surface area (Å²) in [6.07, 6.45) is 2.57. The molecular formula is C14H20FNO3S. The SMILES string of the molecule is CC1CCCC(C)N1S(=O)(=O)c1ccc(CO)cc1F. The summed E-state index contributed by atoms with van der Waals surface area (Å²) in [6.45, 7) is 3.40. The van der Waals surface area contributed by atoms with Gasteiger partial charge in [0.1, 0.15) is 10.7 Å². The van der Waals surface area contributed by atoms with Crippen LogP contribution in [0.1, 0.15) is 38.7 Å². The first-order valence-corrected chi connectivity index (χ1v) is 8.24. The molecule has 0 bridgehead atoms. The van der Waals surface area contributed by atoms with Crippen molar-refractivity contribution in [2.75, 3.05) is 0 Å². The van der Waals surface area contributed by atoms with Gasteiger partial charge in [-0.1, -0.05) is 12.5 Å². The molecule has 0 saturated carbocycles. The second-order valence-corrected chi connectivity index (χ2v) is 7.20. The molecule has 1 saturated heterocycles. The molecule has 1 aliphatic heterocycles. The van der Waals surface area contributed by atoms with Gasteiger partial charge in [0.2, 0.25) is 10.0 Å². The van der Waals surface area contributed by atoms with Crippen LogP contribution in [-0.2, 0) is 16.6 Å². The number of aliphatic hydroxyl groups excluding tert-OH is 1. The van der Waals surface area contributed by atoms with Crippen LogP contribution in [0.4, 0.5) is 4.39 Å². The lowest BCUT2D eigenvalue weighted by Gasteiger charge is -2.37. The van der Waals surface area contributed by atoms with Gasteiger partial charge in [0.05, 0.1) is 6.61 Å². The van der Waals surface area contributed by atoms with Crippen molar-refractivity contribution in [2.24, 2.45) is 0 Å². The van der Waals surface area contributed by atoms with Crippen molar-refractivity contribution in [3.05, 3.63) is 29.6 Å². The molecule has 2 atom stereocenters. The summed E-state index contributed by atoms with van der Waals surface area (Å²) in [6, 6.07) is 3.51. The third-order valence-corrected chi connectivity index (χ3v) is 6.01. The van der Waals surface area contributed by atoms with Crippen LogP contribution < -0.4 is 0 Å². The number of piperidine rings is 1. The first-order chi connectivity index (χ1) is 9.37. The molecule has 1 aromatic rings. The molecule has 0 spiro atoms. The molecule has 0 radical (unpaired) electrons. The largest absolute Gasteiger partial charge is 0.392 e. The molecule has 20 heavy (non-hydrogen) atoms. The number of halogens is 1. The number of aliphatic hydroxyl groups is 1. The number of nitrogens with zero attached hydrogens (tertiary/aromatic N) is 1. The summed E-state index contributed by atoms with van der Waals surface area (Å²) in [7, 11) is -3.84. The average Bonchev–Trinajstić information content (AvgIpc) is 2.37. The van der Waals surface area contributed by atoms with Crippen LogP contribution in [0.2, 0.25) is 0 Å². The maximum absolute atomic E-state index is 14.0. The topological polar surface area (TPSA) is 57.6 Å². The van der Waals surface area contributed by atoms with Crippen molar-refractivity contribution in [1.82, 2.24) is 4.31 Å². The van der Waals surface area contributed by atoms with Crippen LogP contribution in [0.3, 0.4) is 0 Å². The minimum atomic E-state index is -3.84. The van der Waals surface area contributed by atoms with Gasteiger partial charge < -0.3 is 5.11 Å². The molecule has 2 rings (SSSR count). The van der Waals surface area contributed by atoms with E-state index in [-0.39, 0.29) is 23.6 Å². The molecule has 4 nitrogen and oxygen atoms in total. The van der Waals surface area contributed by atoms with E-state index in [2.05, 4.69) is 0 Å². The molecule has 1 aromatic carbocycles. The van der Waals surface area contributed by atoms with Crippen molar-refractivity contribution in [1.29, 1.82) is 0 Å². The predicted octanol–water partition coefficient (Wildman–Crippen LogP) is 2.27. The van der Waals surface area contributed by atoms with Crippen LogP contribution in [0.15, 0.2) is 23.1 Å². The summed E-state index contributed by atoms with van der Waals surface area (Å²) in [5.74, 6) is -0.804. The van der Waals surface area contributed by atoms with E-state index in [0.717, 1.165) is 25.3 Å². The fourth-order valence-corrected chi connectivity index (χ4v) is 4.77. The summed E-state index contributed by atoms with van der Waals surface area (Å²) in [4.78, 5) is -0.310. The Morgan fingerprint density at radius 1 is 1.30 bits per heavy atom. The Kier molecular flexibility index (Phi) is 4.46. The molecule has 1 fully saturated rings. The minimum Gasteiger partial charge on any atom is -0.392 e. The first kappa shape index (κ1) is 15.4. The Morgan fingerprint density at radius 3 is 2.40 bits per heavy atom. The predicted molar refractivity (Wildman–Crippen MR) is 74.1 cm³/mol. The number of sulfonamides is 1. The lowest BCUT2D eigenvalue weighted by atomic mass is 10.0. The molecule has 2 unspecified atom stereocenters. The number of benzene rings is 1. The van der Waals surface area contributed by atoms with Crippen molar-refractivity contribution < 1.29 is 17.9 Å². The molecule has 0 aliphatic carbocycles. The van der Waals surface area contributed by atoms with Crippen LogP contribution in [0, 0.1) is 5.82 Å². The van der Waals surface area contributed by atoms with E-state index in [1.54, 1.807) is 0 Å². The fraction of sp³-hybridized carbons (Fsp3) is 0.571.